The fraction of sp³-hybridized carbons (Fsp3) is 0.500. The van der Waals surface area contributed by atoms with Gasteiger partial charge in [0.05, 0.1) is 12.5 Å². The molecule has 4 heteroatoms. The van der Waals surface area contributed by atoms with Crippen LogP contribution >= 0.6 is 0 Å². The summed E-state index contributed by atoms with van der Waals surface area (Å²) in [7, 11) is 0. The third-order valence-corrected chi connectivity index (χ3v) is 5.34. The van der Waals surface area contributed by atoms with E-state index in [1.54, 1.807) is 0 Å². The fourth-order valence-electron chi connectivity index (χ4n) is 3.55. The standard InChI is InChI=1S/C22H29NO3/c1-22(2,3)17-8-4-15(5-9-17)20-13-12-19(26-20)14-23-18-10-6-16(7-11-18)21(24)25/h4-5,8-9,12-13,16,18,23H,6-7,10-11,14H2,1-3H3,(H,24,25). The molecule has 0 bridgehead atoms. The third-order valence-electron chi connectivity index (χ3n) is 5.34. The van der Waals surface area contributed by atoms with E-state index in [0.717, 1.165) is 42.8 Å². The molecule has 1 aliphatic rings. The van der Waals surface area contributed by atoms with Crippen LogP contribution in [0.3, 0.4) is 0 Å². The lowest BCUT2D eigenvalue weighted by molar-refractivity contribution is -0.142. The molecule has 0 unspecified atom stereocenters. The highest BCUT2D eigenvalue weighted by Gasteiger charge is 2.25. The van der Waals surface area contributed by atoms with Crippen LogP contribution in [0.1, 0.15) is 57.8 Å². The number of carbonyl (C=O) groups is 1. The number of nitrogens with one attached hydrogen (secondary N) is 1. The quantitative estimate of drug-likeness (QED) is 0.794. The first-order valence-electron chi connectivity index (χ1n) is 9.49. The van der Waals surface area contributed by atoms with E-state index in [4.69, 9.17) is 9.52 Å². The van der Waals surface area contributed by atoms with E-state index in [1.165, 1.54) is 5.56 Å². The first kappa shape index (κ1) is 18.7. The number of carboxylic acid groups (broad SMARTS) is 1. The van der Waals surface area contributed by atoms with Crippen molar-refractivity contribution in [3.8, 4) is 11.3 Å². The Morgan fingerprint density at radius 3 is 2.31 bits per heavy atom. The molecule has 1 saturated carbocycles. The predicted octanol–water partition coefficient (Wildman–Crippen LogP) is 4.98. The summed E-state index contributed by atoms with van der Waals surface area (Å²) in [5.74, 6) is 0.980. The molecule has 0 radical (unpaired) electrons. The van der Waals surface area contributed by atoms with Crippen molar-refractivity contribution in [1.82, 2.24) is 5.32 Å². The average molecular weight is 355 g/mol. The van der Waals surface area contributed by atoms with Crippen molar-refractivity contribution in [2.24, 2.45) is 5.92 Å². The topological polar surface area (TPSA) is 62.5 Å². The first-order valence-corrected chi connectivity index (χ1v) is 9.49. The molecule has 1 aromatic carbocycles. The van der Waals surface area contributed by atoms with Crippen LogP contribution in [0.4, 0.5) is 0 Å². The van der Waals surface area contributed by atoms with Gasteiger partial charge in [0.25, 0.3) is 0 Å². The van der Waals surface area contributed by atoms with Crippen LogP contribution in [0.5, 0.6) is 0 Å². The maximum absolute atomic E-state index is 11.0. The normalized spacial score (nSPS) is 20.9. The molecule has 0 aliphatic heterocycles. The molecule has 1 heterocycles. The second kappa shape index (κ2) is 7.67. The van der Waals surface area contributed by atoms with Crippen LogP contribution in [0.2, 0.25) is 0 Å². The van der Waals surface area contributed by atoms with Gasteiger partial charge < -0.3 is 14.8 Å². The maximum atomic E-state index is 11.0. The molecule has 0 atom stereocenters. The van der Waals surface area contributed by atoms with Gasteiger partial charge in [0.1, 0.15) is 11.5 Å². The fourth-order valence-corrected chi connectivity index (χ4v) is 3.55. The van der Waals surface area contributed by atoms with E-state index in [-0.39, 0.29) is 11.3 Å². The molecule has 0 saturated heterocycles. The van der Waals surface area contributed by atoms with Crippen molar-refractivity contribution in [2.45, 2.75) is 64.5 Å². The summed E-state index contributed by atoms with van der Waals surface area (Å²) >= 11 is 0. The van der Waals surface area contributed by atoms with Gasteiger partial charge >= 0.3 is 5.97 Å². The summed E-state index contributed by atoms with van der Waals surface area (Å²) in [6.07, 6.45) is 3.35. The minimum Gasteiger partial charge on any atom is -0.481 e. The number of benzene rings is 1. The van der Waals surface area contributed by atoms with E-state index in [0.29, 0.717) is 12.6 Å². The smallest absolute Gasteiger partial charge is 0.306 e. The zero-order valence-electron chi connectivity index (χ0n) is 15.9. The molecule has 1 fully saturated rings. The lowest BCUT2D eigenvalue weighted by atomic mass is 9.86. The predicted molar refractivity (Wildman–Crippen MR) is 103 cm³/mol. The van der Waals surface area contributed by atoms with Gasteiger partial charge in [0.15, 0.2) is 0 Å². The monoisotopic (exact) mass is 355 g/mol. The van der Waals surface area contributed by atoms with Crippen molar-refractivity contribution in [2.75, 3.05) is 0 Å². The van der Waals surface area contributed by atoms with Gasteiger partial charge in [0, 0.05) is 11.6 Å². The molecular formula is C22H29NO3. The van der Waals surface area contributed by atoms with E-state index in [1.807, 2.05) is 12.1 Å². The minimum atomic E-state index is -0.656. The van der Waals surface area contributed by atoms with E-state index < -0.39 is 5.97 Å². The van der Waals surface area contributed by atoms with Gasteiger partial charge in [-0.15, -0.1) is 0 Å². The number of hydrogen-bond donors (Lipinski definition) is 2. The van der Waals surface area contributed by atoms with E-state index in [2.05, 4.69) is 50.4 Å². The largest absolute Gasteiger partial charge is 0.481 e. The summed E-state index contributed by atoms with van der Waals surface area (Å²) in [5, 5.41) is 12.6. The minimum absolute atomic E-state index is 0.149. The van der Waals surface area contributed by atoms with Crippen molar-refractivity contribution >= 4 is 5.97 Å². The van der Waals surface area contributed by atoms with Crippen LogP contribution in [0.25, 0.3) is 11.3 Å². The highest BCUT2D eigenvalue weighted by atomic mass is 16.4. The van der Waals surface area contributed by atoms with Crippen LogP contribution in [-0.4, -0.2) is 17.1 Å². The lowest BCUT2D eigenvalue weighted by Gasteiger charge is -2.26. The Morgan fingerprint density at radius 2 is 1.73 bits per heavy atom. The Morgan fingerprint density at radius 1 is 1.08 bits per heavy atom. The first-order chi connectivity index (χ1) is 12.3. The summed E-state index contributed by atoms with van der Waals surface area (Å²) in [6, 6.07) is 13.0. The van der Waals surface area contributed by atoms with Gasteiger partial charge in [-0.25, -0.2) is 0 Å². The molecule has 2 N–H and O–H groups in total. The van der Waals surface area contributed by atoms with Crippen molar-refractivity contribution < 1.29 is 14.3 Å². The van der Waals surface area contributed by atoms with Crippen molar-refractivity contribution in [1.29, 1.82) is 0 Å². The lowest BCUT2D eigenvalue weighted by Crippen LogP contribution is -2.34. The Kier molecular flexibility index (Phi) is 5.52. The molecule has 26 heavy (non-hydrogen) atoms. The molecule has 0 spiro atoms. The molecule has 140 valence electrons. The summed E-state index contributed by atoms with van der Waals surface area (Å²) in [4.78, 5) is 11.0. The molecule has 4 nitrogen and oxygen atoms in total. The molecule has 0 amide bonds. The van der Waals surface area contributed by atoms with Crippen LogP contribution in [-0.2, 0) is 16.8 Å². The summed E-state index contributed by atoms with van der Waals surface area (Å²) < 4.78 is 5.99. The molecule has 2 aromatic rings. The molecule has 1 aromatic heterocycles. The van der Waals surface area contributed by atoms with Gasteiger partial charge in [0.2, 0.25) is 0 Å². The van der Waals surface area contributed by atoms with Gasteiger partial charge in [-0.3, -0.25) is 4.79 Å². The number of furan rings is 1. The van der Waals surface area contributed by atoms with Crippen molar-refractivity contribution in [3.63, 3.8) is 0 Å². The number of aliphatic carboxylic acids is 1. The maximum Gasteiger partial charge on any atom is 0.306 e. The highest BCUT2D eigenvalue weighted by Crippen LogP contribution is 2.28. The molecular weight excluding hydrogens is 326 g/mol. The zero-order valence-corrected chi connectivity index (χ0v) is 15.9. The van der Waals surface area contributed by atoms with E-state index in [9.17, 15) is 4.79 Å². The Labute approximate surface area is 155 Å². The SMILES string of the molecule is CC(C)(C)c1ccc(-c2ccc(CNC3CCC(C(=O)O)CC3)o2)cc1. The Hall–Kier alpha value is -2.07. The van der Waals surface area contributed by atoms with Gasteiger partial charge in [-0.2, -0.15) is 0 Å². The van der Waals surface area contributed by atoms with Crippen molar-refractivity contribution in [3.05, 3.63) is 47.7 Å². The number of rotatable bonds is 5. The van der Waals surface area contributed by atoms with Gasteiger partial charge in [-0.05, 0) is 48.8 Å². The molecule has 3 rings (SSSR count). The summed E-state index contributed by atoms with van der Waals surface area (Å²) in [5.41, 5.74) is 2.55. The second-order valence-corrected chi connectivity index (χ2v) is 8.36. The molecule has 1 aliphatic carbocycles. The Bertz CT molecular complexity index is 731. The van der Waals surface area contributed by atoms with Crippen LogP contribution in [0, 0.1) is 5.92 Å². The van der Waals surface area contributed by atoms with Gasteiger partial charge in [-0.1, -0.05) is 45.0 Å². The van der Waals surface area contributed by atoms with E-state index >= 15 is 0 Å². The number of hydrogen-bond acceptors (Lipinski definition) is 3. The van der Waals surface area contributed by atoms with Crippen LogP contribution in [0.15, 0.2) is 40.8 Å². The summed E-state index contributed by atoms with van der Waals surface area (Å²) in [6.45, 7) is 7.32. The zero-order chi connectivity index (χ0) is 18.7. The average Bonchev–Trinajstić information content (AvgIpc) is 3.09. The highest BCUT2D eigenvalue weighted by molar-refractivity contribution is 5.70. The second-order valence-electron chi connectivity index (χ2n) is 8.36. The third kappa shape index (κ3) is 4.55. The Balaban J connectivity index is 1.54. The number of carboxylic acids is 1. The van der Waals surface area contributed by atoms with Crippen LogP contribution < -0.4 is 5.32 Å².